The normalized spacial score (nSPS) is 17.7. The fraction of sp³-hybridized carbons (Fsp3) is 0.588. The maximum atomic E-state index is 14.0. The minimum absolute atomic E-state index is 0.106. The Labute approximate surface area is 124 Å². The van der Waals surface area contributed by atoms with E-state index in [-0.39, 0.29) is 17.0 Å². The Balaban J connectivity index is 2.27. The number of halogens is 2. The molecule has 1 aromatic rings. The molecule has 1 aliphatic rings. The van der Waals surface area contributed by atoms with Crippen LogP contribution in [0.25, 0.3) is 0 Å². The number of ketones is 1. The molecule has 0 amide bonds. The van der Waals surface area contributed by atoms with Crippen LogP contribution in [0.4, 0.5) is 8.78 Å². The standard InChI is InChI=1S/C17H22F2O2/c1-3-21-17(12-7-5-4-6-8-12)16(20)13-10-9-11(2)14(18)15(13)19/h9-10,12,17H,3-8H2,1-2H3. The average Bonchev–Trinajstić information content (AvgIpc) is 2.51. The molecule has 1 saturated carbocycles. The summed E-state index contributed by atoms with van der Waals surface area (Å²) < 4.78 is 33.3. The molecular weight excluding hydrogens is 274 g/mol. The minimum atomic E-state index is -1.06. The van der Waals surface area contributed by atoms with E-state index in [2.05, 4.69) is 0 Å². The number of hydrogen-bond donors (Lipinski definition) is 0. The first-order chi connectivity index (χ1) is 10.1. The van der Waals surface area contributed by atoms with Crippen molar-refractivity contribution >= 4 is 5.78 Å². The summed E-state index contributed by atoms with van der Waals surface area (Å²) in [4.78, 5) is 12.6. The molecule has 0 radical (unpaired) electrons. The fourth-order valence-corrected chi connectivity index (χ4v) is 3.03. The second-order valence-electron chi connectivity index (χ2n) is 5.70. The Hall–Kier alpha value is -1.29. The van der Waals surface area contributed by atoms with E-state index in [1.165, 1.54) is 19.1 Å². The average molecular weight is 296 g/mol. The first kappa shape index (κ1) is 16.1. The second-order valence-corrected chi connectivity index (χ2v) is 5.70. The van der Waals surface area contributed by atoms with Crippen LogP contribution in [0.2, 0.25) is 0 Å². The number of carbonyl (C=O) groups is 1. The van der Waals surface area contributed by atoms with E-state index >= 15 is 0 Å². The van der Waals surface area contributed by atoms with Crippen LogP contribution in [-0.2, 0) is 4.74 Å². The predicted molar refractivity (Wildman–Crippen MR) is 77.4 cm³/mol. The lowest BCUT2D eigenvalue weighted by atomic mass is 9.82. The third-order valence-electron chi connectivity index (χ3n) is 4.22. The van der Waals surface area contributed by atoms with Crippen LogP contribution in [0.5, 0.6) is 0 Å². The summed E-state index contributed by atoms with van der Waals surface area (Å²) in [7, 11) is 0. The largest absolute Gasteiger partial charge is 0.370 e. The number of carbonyl (C=O) groups excluding carboxylic acids is 1. The summed E-state index contributed by atoms with van der Waals surface area (Å²) in [6.45, 7) is 3.69. The van der Waals surface area contributed by atoms with Crippen molar-refractivity contribution in [2.75, 3.05) is 6.61 Å². The van der Waals surface area contributed by atoms with Gasteiger partial charge in [0, 0.05) is 6.61 Å². The van der Waals surface area contributed by atoms with Crippen molar-refractivity contribution < 1.29 is 18.3 Å². The molecule has 0 heterocycles. The molecule has 2 rings (SSSR count). The molecule has 0 spiro atoms. The van der Waals surface area contributed by atoms with Crippen molar-refractivity contribution in [1.82, 2.24) is 0 Å². The van der Waals surface area contributed by atoms with Gasteiger partial charge in [-0.2, -0.15) is 0 Å². The maximum Gasteiger partial charge on any atom is 0.194 e. The summed E-state index contributed by atoms with van der Waals surface area (Å²) in [5.74, 6) is -2.32. The van der Waals surface area contributed by atoms with Crippen molar-refractivity contribution in [3.05, 3.63) is 34.9 Å². The highest BCUT2D eigenvalue weighted by molar-refractivity contribution is 6.00. The quantitative estimate of drug-likeness (QED) is 0.751. The first-order valence-electron chi connectivity index (χ1n) is 7.66. The molecular formula is C17H22F2O2. The summed E-state index contributed by atoms with van der Waals surface area (Å²) in [6.07, 6.45) is 4.45. The van der Waals surface area contributed by atoms with Gasteiger partial charge < -0.3 is 4.74 Å². The molecule has 1 unspecified atom stereocenters. The Kier molecular flexibility index (Phi) is 5.45. The summed E-state index contributed by atoms with van der Waals surface area (Å²) >= 11 is 0. The van der Waals surface area contributed by atoms with Gasteiger partial charge in [-0.15, -0.1) is 0 Å². The number of Topliss-reactive ketones (excluding diaryl/α,β-unsaturated/α-hetero) is 1. The van der Waals surface area contributed by atoms with Crippen LogP contribution >= 0.6 is 0 Å². The molecule has 2 nitrogen and oxygen atoms in total. The van der Waals surface area contributed by atoms with Gasteiger partial charge in [0.1, 0.15) is 6.10 Å². The Morgan fingerprint density at radius 1 is 1.24 bits per heavy atom. The molecule has 1 aromatic carbocycles. The molecule has 1 atom stereocenters. The van der Waals surface area contributed by atoms with Gasteiger partial charge in [0.25, 0.3) is 0 Å². The third-order valence-corrected chi connectivity index (χ3v) is 4.22. The van der Waals surface area contributed by atoms with E-state index in [9.17, 15) is 13.6 Å². The van der Waals surface area contributed by atoms with Gasteiger partial charge in [0.05, 0.1) is 5.56 Å². The zero-order chi connectivity index (χ0) is 15.4. The number of aryl methyl sites for hydroxylation is 1. The van der Waals surface area contributed by atoms with Crippen LogP contribution in [0.15, 0.2) is 12.1 Å². The monoisotopic (exact) mass is 296 g/mol. The van der Waals surface area contributed by atoms with E-state index in [4.69, 9.17) is 4.74 Å². The topological polar surface area (TPSA) is 26.3 Å². The number of benzene rings is 1. The lowest BCUT2D eigenvalue weighted by Crippen LogP contribution is -2.34. The van der Waals surface area contributed by atoms with Crippen molar-refractivity contribution in [2.24, 2.45) is 5.92 Å². The summed E-state index contributed by atoms with van der Waals surface area (Å²) in [6, 6.07) is 2.81. The first-order valence-corrected chi connectivity index (χ1v) is 7.66. The molecule has 0 N–H and O–H groups in total. The lowest BCUT2D eigenvalue weighted by molar-refractivity contribution is 0.0123. The minimum Gasteiger partial charge on any atom is -0.370 e. The summed E-state index contributed by atoms with van der Waals surface area (Å²) in [5.41, 5.74) is 0.0109. The molecule has 116 valence electrons. The van der Waals surface area contributed by atoms with Crippen molar-refractivity contribution in [3.63, 3.8) is 0 Å². The van der Waals surface area contributed by atoms with E-state index in [1.807, 2.05) is 6.92 Å². The Bertz CT molecular complexity index is 508. The SMILES string of the molecule is CCOC(C(=O)c1ccc(C)c(F)c1F)C1CCCCC1. The Morgan fingerprint density at radius 3 is 2.52 bits per heavy atom. The predicted octanol–water partition coefficient (Wildman–Crippen LogP) is 4.44. The Morgan fingerprint density at radius 2 is 1.90 bits per heavy atom. The fourth-order valence-electron chi connectivity index (χ4n) is 3.03. The molecule has 4 heteroatoms. The molecule has 0 aromatic heterocycles. The molecule has 0 aliphatic heterocycles. The van der Waals surface area contributed by atoms with Crippen molar-refractivity contribution in [3.8, 4) is 0 Å². The van der Waals surface area contributed by atoms with Gasteiger partial charge in [-0.1, -0.05) is 25.3 Å². The number of ether oxygens (including phenoxy) is 1. The van der Waals surface area contributed by atoms with Crippen LogP contribution in [0.3, 0.4) is 0 Å². The van der Waals surface area contributed by atoms with Gasteiger partial charge in [-0.25, -0.2) is 8.78 Å². The van der Waals surface area contributed by atoms with E-state index < -0.39 is 23.5 Å². The van der Waals surface area contributed by atoms with Gasteiger partial charge in [0.2, 0.25) is 0 Å². The van der Waals surface area contributed by atoms with Crippen LogP contribution < -0.4 is 0 Å². The second kappa shape index (κ2) is 7.12. The molecule has 21 heavy (non-hydrogen) atoms. The van der Waals surface area contributed by atoms with Crippen molar-refractivity contribution in [2.45, 2.75) is 52.1 Å². The molecule has 0 saturated heterocycles. The van der Waals surface area contributed by atoms with Gasteiger partial charge in [-0.05, 0) is 44.2 Å². The van der Waals surface area contributed by atoms with Crippen LogP contribution in [0, 0.1) is 24.5 Å². The van der Waals surface area contributed by atoms with Crippen LogP contribution in [0.1, 0.15) is 54.9 Å². The van der Waals surface area contributed by atoms with E-state index in [0.717, 1.165) is 32.1 Å². The zero-order valence-electron chi connectivity index (χ0n) is 12.6. The lowest BCUT2D eigenvalue weighted by Gasteiger charge is -2.29. The highest BCUT2D eigenvalue weighted by Gasteiger charge is 2.32. The van der Waals surface area contributed by atoms with Crippen molar-refractivity contribution in [1.29, 1.82) is 0 Å². The smallest absolute Gasteiger partial charge is 0.194 e. The number of rotatable bonds is 5. The highest BCUT2D eigenvalue weighted by atomic mass is 19.2. The molecule has 1 aliphatic carbocycles. The zero-order valence-corrected chi connectivity index (χ0v) is 12.6. The third kappa shape index (κ3) is 3.49. The van der Waals surface area contributed by atoms with Crippen LogP contribution in [-0.4, -0.2) is 18.5 Å². The summed E-state index contributed by atoms with van der Waals surface area (Å²) in [5, 5.41) is 0. The van der Waals surface area contributed by atoms with E-state index in [0.29, 0.717) is 6.61 Å². The maximum absolute atomic E-state index is 14.0. The highest BCUT2D eigenvalue weighted by Crippen LogP contribution is 2.30. The number of hydrogen-bond acceptors (Lipinski definition) is 2. The van der Waals surface area contributed by atoms with E-state index in [1.54, 1.807) is 0 Å². The van der Waals surface area contributed by atoms with Gasteiger partial charge >= 0.3 is 0 Å². The molecule has 0 bridgehead atoms. The van der Waals surface area contributed by atoms with Gasteiger partial charge in [-0.3, -0.25) is 4.79 Å². The molecule has 1 fully saturated rings. The van der Waals surface area contributed by atoms with Gasteiger partial charge in [0.15, 0.2) is 17.4 Å².